The number of rotatable bonds is 1. The van der Waals surface area contributed by atoms with Crippen molar-refractivity contribution in [2.45, 2.75) is 13.0 Å². The van der Waals surface area contributed by atoms with Gasteiger partial charge in [-0.05, 0) is 19.1 Å². The molecule has 1 unspecified atom stereocenters. The molecule has 1 amide bonds. The maximum absolute atomic E-state index is 12.4. The van der Waals surface area contributed by atoms with E-state index in [1.165, 1.54) is 0 Å². The van der Waals surface area contributed by atoms with Crippen molar-refractivity contribution < 1.29 is 9.21 Å². The topological polar surface area (TPSA) is 62.6 Å². The van der Waals surface area contributed by atoms with Gasteiger partial charge in [-0.1, -0.05) is 18.2 Å². The minimum Gasteiger partial charge on any atom is -0.422 e. The van der Waals surface area contributed by atoms with Gasteiger partial charge in [-0.2, -0.15) is 0 Å². The number of carbonyl (C=O) groups is 1. The van der Waals surface area contributed by atoms with E-state index in [1.807, 2.05) is 19.1 Å². The van der Waals surface area contributed by atoms with E-state index >= 15 is 0 Å². The molecular weight excluding hydrogens is 292 g/mol. The van der Waals surface area contributed by atoms with Crippen molar-refractivity contribution in [1.29, 1.82) is 0 Å². The van der Waals surface area contributed by atoms with Gasteiger partial charge in [0, 0.05) is 31.1 Å². The molecule has 1 aromatic carbocycles. The first-order valence-corrected chi connectivity index (χ1v) is 6.71. The number of halogens is 1. The van der Waals surface area contributed by atoms with Crippen molar-refractivity contribution in [1.82, 2.24) is 10.2 Å². The molecule has 112 valence electrons. The summed E-state index contributed by atoms with van der Waals surface area (Å²) in [7, 11) is 0. The largest absolute Gasteiger partial charge is 0.422 e. The van der Waals surface area contributed by atoms with Crippen molar-refractivity contribution in [3.05, 3.63) is 46.3 Å². The molecule has 1 fully saturated rings. The van der Waals surface area contributed by atoms with Gasteiger partial charge in [0.15, 0.2) is 0 Å². The third kappa shape index (κ3) is 3.09. The molecule has 1 atom stereocenters. The van der Waals surface area contributed by atoms with Crippen LogP contribution >= 0.6 is 12.4 Å². The normalized spacial score (nSPS) is 18.3. The summed E-state index contributed by atoms with van der Waals surface area (Å²) in [5, 5.41) is 4.03. The second kappa shape index (κ2) is 6.28. The lowest BCUT2D eigenvalue weighted by Crippen LogP contribution is -2.51. The van der Waals surface area contributed by atoms with Crippen molar-refractivity contribution in [3.63, 3.8) is 0 Å². The van der Waals surface area contributed by atoms with Gasteiger partial charge >= 0.3 is 5.63 Å². The molecule has 0 aliphatic carbocycles. The van der Waals surface area contributed by atoms with Crippen LogP contribution in [-0.4, -0.2) is 36.5 Å². The molecule has 1 aliphatic rings. The minimum absolute atomic E-state index is 0. The fourth-order valence-electron chi connectivity index (χ4n) is 2.50. The highest BCUT2D eigenvalue weighted by atomic mass is 35.5. The Hall–Kier alpha value is -1.85. The van der Waals surface area contributed by atoms with Gasteiger partial charge in [-0.3, -0.25) is 4.79 Å². The number of hydrogen-bond donors (Lipinski definition) is 1. The quantitative estimate of drug-likeness (QED) is 0.814. The molecule has 1 aliphatic heterocycles. The van der Waals surface area contributed by atoms with Crippen LogP contribution in [0.5, 0.6) is 0 Å². The predicted octanol–water partition coefficient (Wildman–Crippen LogP) is 1.65. The van der Waals surface area contributed by atoms with Gasteiger partial charge in [-0.15, -0.1) is 12.4 Å². The first kappa shape index (κ1) is 15.5. The summed E-state index contributed by atoms with van der Waals surface area (Å²) in [5.41, 5.74) is 0.0421. The Kier molecular flexibility index (Phi) is 4.65. The van der Waals surface area contributed by atoms with Crippen LogP contribution in [0.25, 0.3) is 11.0 Å². The Bertz CT molecular complexity index is 713. The average molecular weight is 309 g/mol. The van der Waals surface area contributed by atoms with E-state index in [0.717, 1.165) is 11.9 Å². The Morgan fingerprint density at radius 3 is 2.90 bits per heavy atom. The number of nitrogens with zero attached hydrogens (tertiary/aromatic N) is 1. The average Bonchev–Trinajstić information content (AvgIpc) is 2.46. The Morgan fingerprint density at radius 2 is 2.14 bits per heavy atom. The highest BCUT2D eigenvalue weighted by molar-refractivity contribution is 5.96. The molecule has 0 spiro atoms. The lowest BCUT2D eigenvalue weighted by Gasteiger charge is -2.31. The number of piperazine rings is 1. The standard InChI is InChI=1S/C15H16N2O3.ClH/c1-10-9-17(7-6-16-10)14(18)12-8-11-4-2-3-5-13(11)20-15(12)19;/h2-5,8,10,16H,6-7,9H2,1H3;1H. The lowest BCUT2D eigenvalue weighted by atomic mass is 10.1. The third-order valence-electron chi connectivity index (χ3n) is 3.53. The van der Waals surface area contributed by atoms with E-state index in [1.54, 1.807) is 23.1 Å². The lowest BCUT2D eigenvalue weighted by molar-refractivity contribution is 0.0705. The van der Waals surface area contributed by atoms with Crippen molar-refractivity contribution in [2.75, 3.05) is 19.6 Å². The smallest absolute Gasteiger partial charge is 0.349 e. The Labute approximate surface area is 128 Å². The predicted molar refractivity (Wildman–Crippen MR) is 83.1 cm³/mol. The first-order chi connectivity index (χ1) is 9.65. The summed E-state index contributed by atoms with van der Waals surface area (Å²) in [4.78, 5) is 26.1. The maximum Gasteiger partial charge on any atom is 0.349 e. The van der Waals surface area contributed by atoms with Crippen LogP contribution in [0.3, 0.4) is 0 Å². The Morgan fingerprint density at radius 1 is 1.38 bits per heavy atom. The van der Waals surface area contributed by atoms with Gasteiger partial charge < -0.3 is 14.6 Å². The number of amides is 1. The zero-order valence-electron chi connectivity index (χ0n) is 11.7. The summed E-state index contributed by atoms with van der Waals surface area (Å²) in [6.45, 7) is 3.97. The van der Waals surface area contributed by atoms with Crippen molar-refractivity contribution in [2.24, 2.45) is 0 Å². The molecule has 2 aromatic rings. The van der Waals surface area contributed by atoms with E-state index in [2.05, 4.69) is 5.32 Å². The Balaban J connectivity index is 0.00000161. The van der Waals surface area contributed by atoms with E-state index in [0.29, 0.717) is 18.7 Å². The van der Waals surface area contributed by atoms with Crippen molar-refractivity contribution in [3.8, 4) is 0 Å². The molecule has 1 saturated heterocycles. The monoisotopic (exact) mass is 308 g/mol. The fourth-order valence-corrected chi connectivity index (χ4v) is 2.50. The van der Waals surface area contributed by atoms with Crippen LogP contribution in [-0.2, 0) is 0 Å². The number of hydrogen-bond acceptors (Lipinski definition) is 4. The molecule has 1 aromatic heterocycles. The molecule has 1 N–H and O–H groups in total. The highest BCUT2D eigenvalue weighted by Gasteiger charge is 2.24. The maximum atomic E-state index is 12.4. The molecule has 21 heavy (non-hydrogen) atoms. The fraction of sp³-hybridized carbons (Fsp3) is 0.333. The second-order valence-corrected chi connectivity index (χ2v) is 5.09. The third-order valence-corrected chi connectivity index (χ3v) is 3.53. The molecular formula is C15H17ClN2O3. The molecule has 6 heteroatoms. The summed E-state index contributed by atoms with van der Waals surface area (Å²) < 4.78 is 5.21. The molecule has 3 rings (SSSR count). The van der Waals surface area contributed by atoms with E-state index in [-0.39, 0.29) is 29.9 Å². The molecule has 0 radical (unpaired) electrons. The summed E-state index contributed by atoms with van der Waals surface area (Å²) in [6, 6.07) is 9.05. The van der Waals surface area contributed by atoms with E-state index in [9.17, 15) is 9.59 Å². The summed E-state index contributed by atoms with van der Waals surface area (Å²) >= 11 is 0. The van der Waals surface area contributed by atoms with Crippen LogP contribution in [0.4, 0.5) is 0 Å². The summed E-state index contributed by atoms with van der Waals surface area (Å²) in [6.07, 6.45) is 0. The number of fused-ring (bicyclic) bond motifs is 1. The van der Waals surface area contributed by atoms with Gasteiger partial charge in [0.1, 0.15) is 11.1 Å². The number of carbonyl (C=O) groups excluding carboxylic acids is 1. The van der Waals surface area contributed by atoms with Gasteiger partial charge in [0.05, 0.1) is 0 Å². The van der Waals surface area contributed by atoms with Crippen LogP contribution < -0.4 is 10.9 Å². The molecule has 0 saturated carbocycles. The zero-order valence-corrected chi connectivity index (χ0v) is 12.5. The second-order valence-electron chi connectivity index (χ2n) is 5.09. The van der Waals surface area contributed by atoms with Gasteiger partial charge in [-0.25, -0.2) is 4.79 Å². The molecule has 0 bridgehead atoms. The van der Waals surface area contributed by atoms with Crippen LogP contribution in [0, 0.1) is 0 Å². The zero-order chi connectivity index (χ0) is 14.1. The van der Waals surface area contributed by atoms with Gasteiger partial charge in [0.25, 0.3) is 5.91 Å². The van der Waals surface area contributed by atoms with Crippen molar-refractivity contribution >= 4 is 29.3 Å². The minimum atomic E-state index is -0.570. The first-order valence-electron chi connectivity index (χ1n) is 6.71. The molecule has 5 nitrogen and oxygen atoms in total. The number of benzene rings is 1. The molecule has 2 heterocycles. The number of nitrogens with one attached hydrogen (secondary N) is 1. The van der Waals surface area contributed by atoms with Crippen LogP contribution in [0.2, 0.25) is 0 Å². The van der Waals surface area contributed by atoms with Gasteiger partial charge in [0.2, 0.25) is 0 Å². The highest BCUT2D eigenvalue weighted by Crippen LogP contribution is 2.14. The summed E-state index contributed by atoms with van der Waals surface area (Å²) in [5.74, 6) is -0.252. The van der Waals surface area contributed by atoms with Crippen LogP contribution in [0.15, 0.2) is 39.5 Å². The van der Waals surface area contributed by atoms with E-state index in [4.69, 9.17) is 4.42 Å². The number of para-hydroxylation sites is 1. The SMILES string of the molecule is CC1CN(C(=O)c2cc3ccccc3oc2=O)CCN1.Cl. The van der Waals surface area contributed by atoms with Crippen LogP contribution in [0.1, 0.15) is 17.3 Å². The van der Waals surface area contributed by atoms with E-state index < -0.39 is 5.63 Å².